The molecule has 1 aliphatic rings. The molecule has 0 saturated heterocycles. The molecule has 1 aromatic carbocycles. The van der Waals surface area contributed by atoms with Crippen molar-refractivity contribution in [3.63, 3.8) is 0 Å². The molecule has 1 aromatic heterocycles. The summed E-state index contributed by atoms with van der Waals surface area (Å²) >= 11 is 15.2. The van der Waals surface area contributed by atoms with E-state index in [1.54, 1.807) is 19.1 Å². The standard InChI is InChI=1S/C13H10BrCl2N3O2/c1-12(5-13(12,15)16)11(21)19-18-9-7-4-6(14)2-3-8(7)17-10(9)20/h2-4,17,20H,5H2,1H3/t12-/m0/s1. The SMILES string of the molecule is C[C@@]1(C(=O)N=Nc2c(O)[nH]c3ccc(Br)cc23)CC1(Cl)Cl. The van der Waals surface area contributed by atoms with Crippen molar-refractivity contribution in [2.45, 2.75) is 17.7 Å². The molecule has 1 aliphatic carbocycles. The maximum Gasteiger partial charge on any atom is 0.273 e. The topological polar surface area (TPSA) is 77.8 Å². The Morgan fingerprint density at radius 1 is 1.48 bits per heavy atom. The lowest BCUT2D eigenvalue weighted by Gasteiger charge is -2.04. The Bertz CT molecular complexity index is 787. The van der Waals surface area contributed by atoms with Gasteiger partial charge in [0.05, 0.1) is 10.9 Å². The monoisotopic (exact) mass is 389 g/mol. The number of halogens is 3. The molecule has 0 spiro atoms. The van der Waals surface area contributed by atoms with E-state index in [0.29, 0.717) is 17.3 Å². The number of fused-ring (bicyclic) bond motifs is 1. The lowest BCUT2D eigenvalue weighted by atomic mass is 10.1. The first kappa shape index (κ1) is 14.8. The van der Waals surface area contributed by atoms with Crippen LogP contribution >= 0.6 is 39.1 Å². The molecule has 1 amide bonds. The van der Waals surface area contributed by atoms with Crippen molar-refractivity contribution in [3.05, 3.63) is 22.7 Å². The van der Waals surface area contributed by atoms with Crippen LogP contribution in [0.3, 0.4) is 0 Å². The van der Waals surface area contributed by atoms with E-state index in [4.69, 9.17) is 23.2 Å². The highest BCUT2D eigenvalue weighted by atomic mass is 79.9. The number of rotatable bonds is 2. The Labute approximate surface area is 138 Å². The minimum Gasteiger partial charge on any atom is -0.493 e. The second-order valence-corrected chi connectivity index (χ2v) is 7.63. The zero-order chi connectivity index (χ0) is 15.4. The number of nitrogens with zero attached hydrogens (tertiary/aromatic N) is 2. The van der Waals surface area contributed by atoms with Gasteiger partial charge in [0.15, 0.2) is 5.69 Å². The third kappa shape index (κ3) is 2.35. The van der Waals surface area contributed by atoms with Gasteiger partial charge < -0.3 is 10.1 Å². The van der Waals surface area contributed by atoms with Gasteiger partial charge in [0, 0.05) is 9.86 Å². The van der Waals surface area contributed by atoms with Gasteiger partial charge in [0.1, 0.15) is 4.33 Å². The van der Waals surface area contributed by atoms with Crippen molar-refractivity contribution in [2.24, 2.45) is 15.6 Å². The molecule has 21 heavy (non-hydrogen) atoms. The van der Waals surface area contributed by atoms with Crippen molar-refractivity contribution in [1.29, 1.82) is 0 Å². The van der Waals surface area contributed by atoms with Crippen molar-refractivity contribution in [1.82, 2.24) is 4.98 Å². The average molecular weight is 391 g/mol. The Kier molecular flexibility index (Phi) is 3.31. The highest BCUT2D eigenvalue weighted by molar-refractivity contribution is 9.10. The summed E-state index contributed by atoms with van der Waals surface area (Å²) in [5.41, 5.74) is -0.0144. The number of carbonyl (C=O) groups is 1. The number of aromatic amines is 1. The lowest BCUT2D eigenvalue weighted by molar-refractivity contribution is -0.122. The maximum absolute atomic E-state index is 12.0. The molecule has 110 valence electrons. The number of nitrogens with one attached hydrogen (secondary N) is 1. The summed E-state index contributed by atoms with van der Waals surface area (Å²) in [6, 6.07) is 5.38. The predicted octanol–water partition coefficient (Wildman–Crippen LogP) is 4.83. The van der Waals surface area contributed by atoms with Crippen LogP contribution in [0.15, 0.2) is 32.9 Å². The molecular formula is C13H10BrCl2N3O2. The summed E-state index contributed by atoms with van der Waals surface area (Å²) in [6.07, 6.45) is 0.340. The van der Waals surface area contributed by atoms with Crippen molar-refractivity contribution in [2.75, 3.05) is 0 Å². The largest absolute Gasteiger partial charge is 0.493 e. The molecule has 1 saturated carbocycles. The van der Waals surface area contributed by atoms with Gasteiger partial charge in [-0.05, 0) is 31.5 Å². The van der Waals surface area contributed by atoms with Crippen LogP contribution in [0.4, 0.5) is 5.69 Å². The quantitative estimate of drug-likeness (QED) is 0.568. The van der Waals surface area contributed by atoms with Gasteiger partial charge in [-0.3, -0.25) is 4.79 Å². The first-order valence-corrected chi connectivity index (χ1v) is 7.64. The number of alkyl halides is 2. The number of aromatic nitrogens is 1. The molecular weight excluding hydrogens is 381 g/mol. The molecule has 8 heteroatoms. The fourth-order valence-electron chi connectivity index (χ4n) is 2.07. The summed E-state index contributed by atoms with van der Waals surface area (Å²) in [6.45, 7) is 1.64. The van der Waals surface area contributed by atoms with Crippen LogP contribution in [0.5, 0.6) is 5.88 Å². The Balaban J connectivity index is 1.95. The normalized spacial score (nSPS) is 23.8. The van der Waals surface area contributed by atoms with Crippen LogP contribution in [-0.4, -0.2) is 20.3 Å². The molecule has 1 atom stereocenters. The van der Waals surface area contributed by atoms with Gasteiger partial charge in [0.25, 0.3) is 5.91 Å². The van der Waals surface area contributed by atoms with Crippen LogP contribution in [0, 0.1) is 5.41 Å². The van der Waals surface area contributed by atoms with Crippen molar-refractivity contribution >= 4 is 61.6 Å². The molecule has 1 fully saturated rings. The number of benzene rings is 1. The van der Waals surface area contributed by atoms with Crippen LogP contribution in [-0.2, 0) is 4.79 Å². The van der Waals surface area contributed by atoms with E-state index in [1.807, 2.05) is 6.07 Å². The Morgan fingerprint density at radius 3 is 2.76 bits per heavy atom. The van der Waals surface area contributed by atoms with E-state index in [2.05, 4.69) is 31.1 Å². The van der Waals surface area contributed by atoms with E-state index >= 15 is 0 Å². The number of carbonyl (C=O) groups excluding carboxylic acids is 1. The zero-order valence-corrected chi connectivity index (χ0v) is 13.9. The second kappa shape index (κ2) is 4.69. The minimum atomic E-state index is -1.09. The van der Waals surface area contributed by atoms with Gasteiger partial charge in [-0.2, -0.15) is 0 Å². The molecule has 0 aliphatic heterocycles. The van der Waals surface area contributed by atoms with Crippen LogP contribution in [0.25, 0.3) is 10.9 Å². The second-order valence-electron chi connectivity index (χ2n) is 5.23. The van der Waals surface area contributed by atoms with Crippen LogP contribution in [0.2, 0.25) is 0 Å². The maximum atomic E-state index is 12.0. The summed E-state index contributed by atoms with van der Waals surface area (Å²) in [7, 11) is 0. The zero-order valence-electron chi connectivity index (χ0n) is 10.8. The van der Waals surface area contributed by atoms with Crippen molar-refractivity contribution < 1.29 is 9.90 Å². The summed E-state index contributed by atoms with van der Waals surface area (Å²) < 4.78 is -0.263. The third-order valence-corrected chi connectivity index (χ3v) is 5.28. The number of hydrogen-bond donors (Lipinski definition) is 2. The minimum absolute atomic E-state index is 0.149. The summed E-state index contributed by atoms with van der Waals surface area (Å²) in [5, 5.41) is 18.0. The van der Waals surface area contributed by atoms with Gasteiger partial charge in [-0.15, -0.1) is 33.4 Å². The molecule has 2 N–H and O–H groups in total. The number of azo groups is 1. The average Bonchev–Trinajstić information content (AvgIpc) is 2.77. The summed E-state index contributed by atoms with van der Waals surface area (Å²) in [5.74, 6) is -0.653. The molecule has 0 bridgehead atoms. The van der Waals surface area contributed by atoms with Crippen LogP contribution < -0.4 is 0 Å². The number of amides is 1. The van der Waals surface area contributed by atoms with Gasteiger partial charge >= 0.3 is 0 Å². The Morgan fingerprint density at radius 2 is 2.14 bits per heavy atom. The molecule has 3 rings (SSSR count). The van der Waals surface area contributed by atoms with E-state index in [-0.39, 0.29) is 11.6 Å². The molecule has 1 heterocycles. The first-order chi connectivity index (χ1) is 9.74. The van der Waals surface area contributed by atoms with Crippen LogP contribution in [0.1, 0.15) is 13.3 Å². The Hall–Kier alpha value is -1.11. The summed E-state index contributed by atoms with van der Waals surface area (Å²) in [4.78, 5) is 14.8. The molecule has 5 nitrogen and oxygen atoms in total. The lowest BCUT2D eigenvalue weighted by Crippen LogP contribution is -2.15. The van der Waals surface area contributed by atoms with Gasteiger partial charge in [-0.25, -0.2) is 0 Å². The van der Waals surface area contributed by atoms with Gasteiger partial charge in [-0.1, -0.05) is 15.9 Å². The first-order valence-electron chi connectivity index (χ1n) is 6.09. The number of aromatic hydroxyl groups is 1. The molecule has 0 unspecified atom stereocenters. The highest BCUT2D eigenvalue weighted by Gasteiger charge is 2.68. The predicted molar refractivity (Wildman–Crippen MR) is 84.3 cm³/mol. The van der Waals surface area contributed by atoms with E-state index in [1.165, 1.54) is 0 Å². The molecule has 0 radical (unpaired) electrons. The fraction of sp³-hybridized carbons (Fsp3) is 0.308. The van der Waals surface area contributed by atoms with Gasteiger partial charge in [0.2, 0.25) is 5.88 Å². The van der Waals surface area contributed by atoms with E-state index < -0.39 is 15.7 Å². The fourth-order valence-corrected chi connectivity index (χ4v) is 3.13. The van der Waals surface area contributed by atoms with Crippen molar-refractivity contribution in [3.8, 4) is 5.88 Å². The highest BCUT2D eigenvalue weighted by Crippen LogP contribution is 2.64. The van der Waals surface area contributed by atoms with E-state index in [0.717, 1.165) is 4.47 Å². The molecule has 2 aromatic rings. The third-order valence-electron chi connectivity index (χ3n) is 3.68. The smallest absolute Gasteiger partial charge is 0.273 e. The number of H-pyrrole nitrogens is 1. The van der Waals surface area contributed by atoms with E-state index in [9.17, 15) is 9.90 Å². The number of hydrogen-bond acceptors (Lipinski definition) is 3.